The maximum Gasteiger partial charge on any atom is 0.244 e. The fourth-order valence-corrected chi connectivity index (χ4v) is 2.83. The number of anilines is 2. The molecule has 2 N–H and O–H groups in total. The summed E-state index contributed by atoms with van der Waals surface area (Å²) in [5.74, 6) is -0.135. The Hall–Kier alpha value is -1.88. The van der Waals surface area contributed by atoms with Gasteiger partial charge in [0.2, 0.25) is 11.8 Å². The van der Waals surface area contributed by atoms with Crippen LogP contribution in [-0.4, -0.2) is 30.9 Å². The summed E-state index contributed by atoms with van der Waals surface area (Å²) in [4.78, 5) is 26.0. The van der Waals surface area contributed by atoms with Crippen molar-refractivity contribution in [3.63, 3.8) is 0 Å². The molecule has 0 aromatic heterocycles. The van der Waals surface area contributed by atoms with E-state index in [0.29, 0.717) is 5.69 Å². The normalized spacial score (nSPS) is 25.9. The summed E-state index contributed by atoms with van der Waals surface area (Å²) < 4.78 is 0. The average molecular weight is 259 g/mol. The van der Waals surface area contributed by atoms with Crippen LogP contribution in [-0.2, 0) is 9.59 Å². The van der Waals surface area contributed by atoms with E-state index in [1.807, 2.05) is 31.2 Å². The molecule has 2 unspecified atom stereocenters. The Bertz CT molecular complexity index is 529. The first-order valence-corrected chi connectivity index (χ1v) is 6.60. The second kappa shape index (κ2) is 4.66. The standard InChI is InChI=1S/C14H17N3O2/c1-9-10(6-7-15-9)14(19)17-8-13(18)16-11-4-2-3-5-12(11)17/h2-5,9-10,15H,6-8H2,1H3,(H,16,18). The van der Waals surface area contributed by atoms with E-state index in [0.717, 1.165) is 18.7 Å². The quantitative estimate of drug-likeness (QED) is 0.790. The molecule has 5 heteroatoms. The van der Waals surface area contributed by atoms with Gasteiger partial charge >= 0.3 is 0 Å². The molecular formula is C14H17N3O2. The fraction of sp³-hybridized carbons (Fsp3) is 0.429. The first-order valence-electron chi connectivity index (χ1n) is 6.60. The van der Waals surface area contributed by atoms with Crippen molar-refractivity contribution in [2.75, 3.05) is 23.3 Å². The number of hydrogen-bond donors (Lipinski definition) is 2. The number of carbonyl (C=O) groups excluding carboxylic acids is 2. The molecule has 1 fully saturated rings. The largest absolute Gasteiger partial charge is 0.323 e. The van der Waals surface area contributed by atoms with E-state index >= 15 is 0 Å². The van der Waals surface area contributed by atoms with Gasteiger partial charge < -0.3 is 15.5 Å². The van der Waals surface area contributed by atoms with Crippen LogP contribution in [0.25, 0.3) is 0 Å². The highest BCUT2D eigenvalue weighted by Gasteiger charge is 2.36. The monoisotopic (exact) mass is 259 g/mol. The molecule has 2 aliphatic rings. The van der Waals surface area contributed by atoms with Gasteiger partial charge in [0.1, 0.15) is 6.54 Å². The molecule has 1 aromatic rings. The number of hydrogen-bond acceptors (Lipinski definition) is 3. The smallest absolute Gasteiger partial charge is 0.244 e. The number of rotatable bonds is 1. The van der Waals surface area contributed by atoms with Crippen LogP contribution in [0.15, 0.2) is 24.3 Å². The van der Waals surface area contributed by atoms with Gasteiger partial charge in [-0.2, -0.15) is 0 Å². The lowest BCUT2D eigenvalue weighted by molar-refractivity contribution is -0.124. The van der Waals surface area contributed by atoms with Crippen LogP contribution in [0.3, 0.4) is 0 Å². The molecule has 2 amide bonds. The lowest BCUT2D eigenvalue weighted by Gasteiger charge is -2.31. The molecule has 2 atom stereocenters. The molecular weight excluding hydrogens is 242 g/mol. The Morgan fingerprint density at radius 2 is 2.16 bits per heavy atom. The second-order valence-electron chi connectivity index (χ2n) is 5.13. The molecule has 3 rings (SSSR count). The van der Waals surface area contributed by atoms with Gasteiger partial charge in [-0.15, -0.1) is 0 Å². The van der Waals surface area contributed by atoms with E-state index in [1.165, 1.54) is 0 Å². The molecule has 0 spiro atoms. The number of carbonyl (C=O) groups is 2. The van der Waals surface area contributed by atoms with E-state index in [9.17, 15) is 9.59 Å². The predicted octanol–water partition coefficient (Wildman–Crippen LogP) is 0.970. The molecule has 0 saturated carbocycles. The fourth-order valence-electron chi connectivity index (χ4n) is 2.83. The first-order chi connectivity index (χ1) is 9.16. The van der Waals surface area contributed by atoms with Crippen LogP contribution in [0.1, 0.15) is 13.3 Å². The molecule has 0 aliphatic carbocycles. The summed E-state index contributed by atoms with van der Waals surface area (Å²) in [7, 11) is 0. The molecule has 0 radical (unpaired) electrons. The lowest BCUT2D eigenvalue weighted by atomic mass is 9.99. The number of nitrogens with zero attached hydrogens (tertiary/aromatic N) is 1. The number of fused-ring (bicyclic) bond motifs is 1. The Labute approximate surface area is 112 Å². The zero-order valence-electron chi connectivity index (χ0n) is 10.8. The van der Waals surface area contributed by atoms with Crippen molar-refractivity contribution < 1.29 is 9.59 Å². The van der Waals surface area contributed by atoms with Gasteiger partial charge in [-0.25, -0.2) is 0 Å². The zero-order valence-corrected chi connectivity index (χ0v) is 10.8. The summed E-state index contributed by atoms with van der Waals surface area (Å²) in [6.07, 6.45) is 0.834. The molecule has 2 aliphatic heterocycles. The minimum absolute atomic E-state index is 0.0415. The van der Waals surface area contributed by atoms with E-state index in [2.05, 4.69) is 10.6 Å². The van der Waals surface area contributed by atoms with Gasteiger partial charge in [0.05, 0.1) is 17.3 Å². The summed E-state index contributed by atoms with van der Waals surface area (Å²) in [5, 5.41) is 6.07. The molecule has 19 heavy (non-hydrogen) atoms. The number of amides is 2. The summed E-state index contributed by atoms with van der Waals surface area (Å²) in [6, 6.07) is 7.60. The van der Waals surface area contributed by atoms with Crippen molar-refractivity contribution in [2.24, 2.45) is 5.92 Å². The van der Waals surface area contributed by atoms with Crippen molar-refractivity contribution in [3.8, 4) is 0 Å². The van der Waals surface area contributed by atoms with Gasteiger partial charge in [0.25, 0.3) is 0 Å². The number of para-hydroxylation sites is 2. The van der Waals surface area contributed by atoms with Crippen molar-refractivity contribution >= 4 is 23.2 Å². The lowest BCUT2D eigenvalue weighted by Crippen LogP contribution is -2.46. The molecule has 0 bridgehead atoms. The minimum atomic E-state index is -0.134. The summed E-state index contributed by atoms with van der Waals surface area (Å²) in [5.41, 5.74) is 1.51. The maximum atomic E-state index is 12.6. The Morgan fingerprint density at radius 1 is 1.37 bits per heavy atom. The van der Waals surface area contributed by atoms with Crippen LogP contribution >= 0.6 is 0 Å². The highest BCUT2D eigenvalue weighted by atomic mass is 16.2. The van der Waals surface area contributed by atoms with Gasteiger partial charge in [-0.05, 0) is 32.0 Å². The molecule has 2 heterocycles. The van der Waals surface area contributed by atoms with Gasteiger partial charge in [0, 0.05) is 6.04 Å². The zero-order chi connectivity index (χ0) is 13.4. The van der Waals surface area contributed by atoms with E-state index in [1.54, 1.807) is 4.90 Å². The van der Waals surface area contributed by atoms with Crippen LogP contribution in [0.2, 0.25) is 0 Å². The predicted molar refractivity (Wildman–Crippen MR) is 73.0 cm³/mol. The topological polar surface area (TPSA) is 61.4 Å². The third kappa shape index (κ3) is 2.10. The maximum absolute atomic E-state index is 12.6. The van der Waals surface area contributed by atoms with Gasteiger partial charge in [-0.1, -0.05) is 12.1 Å². The SMILES string of the molecule is CC1NCCC1C(=O)N1CC(=O)Nc2ccccc21. The third-order valence-electron chi connectivity index (χ3n) is 3.88. The third-order valence-corrected chi connectivity index (χ3v) is 3.88. The van der Waals surface area contributed by atoms with Gasteiger partial charge in [0.15, 0.2) is 0 Å². The van der Waals surface area contributed by atoms with Crippen LogP contribution in [0.4, 0.5) is 11.4 Å². The Morgan fingerprint density at radius 3 is 2.89 bits per heavy atom. The highest BCUT2D eigenvalue weighted by molar-refractivity contribution is 6.10. The summed E-state index contributed by atoms with van der Waals surface area (Å²) in [6.45, 7) is 2.99. The van der Waals surface area contributed by atoms with Crippen molar-refractivity contribution in [1.29, 1.82) is 0 Å². The van der Waals surface area contributed by atoms with Crippen molar-refractivity contribution in [2.45, 2.75) is 19.4 Å². The van der Waals surface area contributed by atoms with Crippen LogP contribution in [0.5, 0.6) is 0 Å². The van der Waals surface area contributed by atoms with E-state index in [4.69, 9.17) is 0 Å². The van der Waals surface area contributed by atoms with Crippen molar-refractivity contribution in [3.05, 3.63) is 24.3 Å². The Kier molecular flexibility index (Phi) is 2.98. The van der Waals surface area contributed by atoms with E-state index < -0.39 is 0 Å². The Balaban J connectivity index is 1.92. The minimum Gasteiger partial charge on any atom is -0.323 e. The molecule has 1 saturated heterocycles. The molecule has 5 nitrogen and oxygen atoms in total. The van der Waals surface area contributed by atoms with Crippen LogP contribution < -0.4 is 15.5 Å². The van der Waals surface area contributed by atoms with Gasteiger partial charge in [-0.3, -0.25) is 9.59 Å². The van der Waals surface area contributed by atoms with E-state index in [-0.39, 0.29) is 30.3 Å². The second-order valence-corrected chi connectivity index (χ2v) is 5.13. The van der Waals surface area contributed by atoms with Crippen LogP contribution in [0, 0.1) is 5.92 Å². The number of nitrogens with one attached hydrogen (secondary N) is 2. The highest BCUT2D eigenvalue weighted by Crippen LogP contribution is 2.31. The average Bonchev–Trinajstić information content (AvgIpc) is 2.83. The molecule has 100 valence electrons. The number of benzene rings is 1. The first kappa shape index (κ1) is 12.2. The van der Waals surface area contributed by atoms with Crippen molar-refractivity contribution in [1.82, 2.24) is 5.32 Å². The summed E-state index contributed by atoms with van der Waals surface area (Å²) >= 11 is 0. The molecule has 1 aromatic carbocycles.